The molecule has 0 aromatic heterocycles. The maximum atomic E-state index is 11.4. The number of hydrogen-bond donors (Lipinski definition) is 4. The van der Waals surface area contributed by atoms with Crippen LogP contribution in [0.25, 0.3) is 0 Å². The van der Waals surface area contributed by atoms with Crippen LogP contribution in [-0.2, 0) is 9.59 Å². The van der Waals surface area contributed by atoms with Gasteiger partial charge in [-0.15, -0.1) is 0 Å². The summed E-state index contributed by atoms with van der Waals surface area (Å²) in [5.41, 5.74) is -0.355. The lowest BCUT2D eigenvalue weighted by atomic mass is 10.1. The van der Waals surface area contributed by atoms with Gasteiger partial charge >= 0.3 is 12.0 Å². The molecular weight excluding hydrogens is 250 g/mol. The van der Waals surface area contributed by atoms with Gasteiger partial charge < -0.3 is 21.1 Å². The van der Waals surface area contributed by atoms with E-state index in [1.54, 1.807) is 6.92 Å². The van der Waals surface area contributed by atoms with Crippen molar-refractivity contribution in [1.29, 1.82) is 0 Å². The van der Waals surface area contributed by atoms with E-state index in [0.29, 0.717) is 6.42 Å². The smallest absolute Gasteiger partial charge is 0.315 e. The second-order valence-corrected chi connectivity index (χ2v) is 5.31. The quantitative estimate of drug-likeness (QED) is 0.558. The van der Waals surface area contributed by atoms with Crippen LogP contribution in [-0.4, -0.2) is 41.6 Å². The Morgan fingerprint density at radius 3 is 2.16 bits per heavy atom. The largest absolute Gasteiger partial charge is 0.481 e. The normalized spacial score (nSPS) is 12.4. The van der Waals surface area contributed by atoms with Crippen molar-refractivity contribution in [1.82, 2.24) is 16.0 Å². The van der Waals surface area contributed by atoms with Crippen molar-refractivity contribution in [2.75, 3.05) is 13.1 Å². The molecule has 3 amide bonds. The Morgan fingerprint density at radius 1 is 1.16 bits per heavy atom. The molecule has 0 aliphatic heterocycles. The van der Waals surface area contributed by atoms with Crippen LogP contribution in [0.5, 0.6) is 0 Å². The topological polar surface area (TPSA) is 108 Å². The molecule has 0 radical (unpaired) electrons. The first kappa shape index (κ1) is 17.2. The van der Waals surface area contributed by atoms with Gasteiger partial charge in [-0.05, 0) is 27.2 Å². The summed E-state index contributed by atoms with van der Waals surface area (Å²) in [7, 11) is 0. The number of aliphatic carboxylic acids is 1. The van der Waals surface area contributed by atoms with Crippen molar-refractivity contribution in [3.63, 3.8) is 0 Å². The van der Waals surface area contributed by atoms with Crippen LogP contribution in [0, 0.1) is 5.92 Å². The number of carboxylic acids is 1. The molecule has 0 aliphatic rings. The number of amides is 3. The molecular formula is C12H23N3O4. The molecule has 110 valence electrons. The number of urea groups is 1. The Bertz CT molecular complexity index is 336. The first-order chi connectivity index (χ1) is 8.65. The van der Waals surface area contributed by atoms with E-state index >= 15 is 0 Å². The average molecular weight is 273 g/mol. The van der Waals surface area contributed by atoms with Gasteiger partial charge in [-0.1, -0.05) is 6.92 Å². The van der Waals surface area contributed by atoms with Gasteiger partial charge in [0.1, 0.15) is 0 Å². The molecule has 0 saturated carbocycles. The molecule has 0 fully saturated rings. The monoisotopic (exact) mass is 273 g/mol. The van der Waals surface area contributed by atoms with Crippen LogP contribution in [0.4, 0.5) is 4.79 Å². The zero-order valence-electron chi connectivity index (χ0n) is 11.9. The predicted octanol–water partition coefficient (Wildman–Crippen LogP) is 0.311. The minimum absolute atomic E-state index is 0.0402. The van der Waals surface area contributed by atoms with Crippen molar-refractivity contribution in [2.45, 2.75) is 39.7 Å². The fraction of sp³-hybridized carbons (Fsp3) is 0.750. The molecule has 19 heavy (non-hydrogen) atoms. The summed E-state index contributed by atoms with van der Waals surface area (Å²) >= 11 is 0. The molecule has 7 heteroatoms. The molecule has 0 bridgehead atoms. The second kappa shape index (κ2) is 7.60. The van der Waals surface area contributed by atoms with Crippen molar-refractivity contribution >= 4 is 17.9 Å². The minimum atomic E-state index is -0.951. The van der Waals surface area contributed by atoms with Crippen LogP contribution in [0.2, 0.25) is 0 Å². The summed E-state index contributed by atoms with van der Waals surface area (Å²) in [5.74, 6) is -1.87. The van der Waals surface area contributed by atoms with Crippen LogP contribution in [0.15, 0.2) is 0 Å². The molecule has 0 rings (SSSR count). The maximum absolute atomic E-state index is 11.4. The van der Waals surface area contributed by atoms with Gasteiger partial charge in [-0.25, -0.2) is 4.79 Å². The zero-order chi connectivity index (χ0) is 15.1. The molecule has 0 aliphatic carbocycles. The van der Waals surface area contributed by atoms with E-state index < -0.39 is 17.9 Å². The van der Waals surface area contributed by atoms with Crippen LogP contribution >= 0.6 is 0 Å². The molecule has 0 aromatic carbocycles. The average Bonchev–Trinajstić information content (AvgIpc) is 2.24. The van der Waals surface area contributed by atoms with Gasteiger partial charge in [-0.2, -0.15) is 0 Å². The summed E-state index contributed by atoms with van der Waals surface area (Å²) < 4.78 is 0. The highest BCUT2D eigenvalue weighted by Crippen LogP contribution is 2.00. The fourth-order valence-corrected chi connectivity index (χ4v) is 1.31. The van der Waals surface area contributed by atoms with Crippen molar-refractivity contribution in [3.05, 3.63) is 0 Å². The number of carboxylic acid groups (broad SMARTS) is 1. The fourth-order valence-electron chi connectivity index (χ4n) is 1.31. The number of rotatable bonds is 6. The standard InChI is InChI=1S/C12H23N3O4/c1-5-8(10(17)18)6-13-11(19)14-7-9(16)15-12(2,3)4/h8H,5-7H2,1-4H3,(H,15,16)(H,17,18)(H2,13,14,19). The molecule has 4 N–H and O–H groups in total. The van der Waals surface area contributed by atoms with E-state index in [1.807, 2.05) is 20.8 Å². The molecule has 7 nitrogen and oxygen atoms in total. The third-order valence-corrected chi connectivity index (χ3v) is 2.27. The molecule has 0 aromatic rings. The van der Waals surface area contributed by atoms with E-state index in [-0.39, 0.29) is 24.5 Å². The maximum Gasteiger partial charge on any atom is 0.315 e. The van der Waals surface area contributed by atoms with Crippen molar-refractivity contribution in [2.24, 2.45) is 5.92 Å². The second-order valence-electron chi connectivity index (χ2n) is 5.31. The molecule has 0 spiro atoms. The van der Waals surface area contributed by atoms with Gasteiger partial charge in [0.05, 0.1) is 12.5 Å². The van der Waals surface area contributed by atoms with E-state index in [2.05, 4.69) is 16.0 Å². The molecule has 1 unspecified atom stereocenters. The van der Waals surface area contributed by atoms with Gasteiger partial charge in [0.2, 0.25) is 5.91 Å². The van der Waals surface area contributed by atoms with Gasteiger partial charge in [-0.3, -0.25) is 9.59 Å². The lowest BCUT2D eigenvalue weighted by Crippen LogP contribution is -2.48. The van der Waals surface area contributed by atoms with E-state index in [4.69, 9.17) is 5.11 Å². The van der Waals surface area contributed by atoms with Crippen molar-refractivity contribution in [3.8, 4) is 0 Å². The van der Waals surface area contributed by atoms with Crippen LogP contribution in [0.3, 0.4) is 0 Å². The summed E-state index contributed by atoms with van der Waals surface area (Å²) in [6.45, 7) is 7.14. The predicted molar refractivity (Wildman–Crippen MR) is 70.7 cm³/mol. The summed E-state index contributed by atoms with van der Waals surface area (Å²) in [6, 6.07) is -0.552. The minimum Gasteiger partial charge on any atom is -0.481 e. The Morgan fingerprint density at radius 2 is 1.74 bits per heavy atom. The summed E-state index contributed by atoms with van der Waals surface area (Å²) in [6.07, 6.45) is 0.431. The highest BCUT2D eigenvalue weighted by molar-refractivity contribution is 5.84. The van der Waals surface area contributed by atoms with Gasteiger partial charge in [0, 0.05) is 12.1 Å². The number of carbonyl (C=O) groups is 3. The lowest BCUT2D eigenvalue weighted by molar-refractivity contribution is -0.141. The Kier molecular flexibility index (Phi) is 6.89. The van der Waals surface area contributed by atoms with E-state index in [0.717, 1.165) is 0 Å². The Balaban J connectivity index is 3.94. The molecule has 1 atom stereocenters. The SMILES string of the molecule is CCC(CNC(=O)NCC(=O)NC(C)(C)C)C(=O)O. The third-order valence-electron chi connectivity index (χ3n) is 2.27. The van der Waals surface area contributed by atoms with E-state index in [9.17, 15) is 14.4 Å². The number of carbonyl (C=O) groups excluding carboxylic acids is 2. The first-order valence-corrected chi connectivity index (χ1v) is 6.21. The first-order valence-electron chi connectivity index (χ1n) is 6.21. The highest BCUT2D eigenvalue weighted by atomic mass is 16.4. The third kappa shape index (κ3) is 8.87. The highest BCUT2D eigenvalue weighted by Gasteiger charge is 2.17. The number of hydrogen-bond acceptors (Lipinski definition) is 3. The van der Waals surface area contributed by atoms with Crippen molar-refractivity contribution < 1.29 is 19.5 Å². The van der Waals surface area contributed by atoms with Crippen LogP contribution in [0.1, 0.15) is 34.1 Å². The van der Waals surface area contributed by atoms with E-state index in [1.165, 1.54) is 0 Å². The van der Waals surface area contributed by atoms with Crippen LogP contribution < -0.4 is 16.0 Å². The van der Waals surface area contributed by atoms with Gasteiger partial charge in [0.15, 0.2) is 0 Å². The Labute approximate surface area is 113 Å². The lowest BCUT2D eigenvalue weighted by Gasteiger charge is -2.20. The summed E-state index contributed by atoms with van der Waals surface area (Å²) in [5, 5.41) is 16.3. The molecule has 0 saturated heterocycles. The Hall–Kier alpha value is -1.79. The summed E-state index contributed by atoms with van der Waals surface area (Å²) in [4.78, 5) is 33.5. The zero-order valence-corrected chi connectivity index (χ0v) is 11.9. The molecule has 0 heterocycles. The van der Waals surface area contributed by atoms with Gasteiger partial charge in [0.25, 0.3) is 0 Å². The number of nitrogens with one attached hydrogen (secondary N) is 3.